The summed E-state index contributed by atoms with van der Waals surface area (Å²) in [5, 5.41) is 1.57. The lowest BCUT2D eigenvalue weighted by Gasteiger charge is -2.12. The molecule has 4 nitrogen and oxygen atoms in total. The van der Waals surface area contributed by atoms with Gasteiger partial charge in [-0.05, 0) is 47.5 Å². The van der Waals surface area contributed by atoms with Gasteiger partial charge >= 0.3 is 5.97 Å². The summed E-state index contributed by atoms with van der Waals surface area (Å²) >= 11 is 0. The van der Waals surface area contributed by atoms with Crippen LogP contribution in [-0.2, 0) is 9.53 Å². The first-order valence-corrected chi connectivity index (χ1v) is 8.48. The molecule has 0 amide bonds. The minimum absolute atomic E-state index is 0.0496. The van der Waals surface area contributed by atoms with Gasteiger partial charge in [0.05, 0.1) is 12.3 Å². The molecule has 0 radical (unpaired) electrons. The van der Waals surface area contributed by atoms with E-state index in [1.54, 1.807) is 25.1 Å². The van der Waals surface area contributed by atoms with Crippen LogP contribution in [-0.4, -0.2) is 18.4 Å². The summed E-state index contributed by atoms with van der Waals surface area (Å²) in [6.07, 6.45) is 0. The number of Topliss-reactive ketones (excluding diaryl/α,β-unsaturated/α-hetero) is 1. The molecule has 3 aromatic rings. The van der Waals surface area contributed by atoms with Gasteiger partial charge in [0.15, 0.2) is 0 Å². The number of fused-ring (bicyclic) bond motifs is 1. The van der Waals surface area contributed by atoms with Crippen molar-refractivity contribution in [1.29, 1.82) is 0 Å². The normalized spacial score (nSPS) is 11.8. The Morgan fingerprint density at radius 3 is 2.33 bits per heavy atom. The number of hydrogen-bond donors (Lipinski definition) is 1. The molecule has 3 aromatic carbocycles. The van der Waals surface area contributed by atoms with Gasteiger partial charge in [-0.25, -0.2) is 9.18 Å². The topological polar surface area (TPSA) is 69.4 Å². The number of benzene rings is 3. The van der Waals surface area contributed by atoms with E-state index in [-0.39, 0.29) is 17.9 Å². The van der Waals surface area contributed by atoms with Gasteiger partial charge in [-0.3, -0.25) is 4.79 Å². The summed E-state index contributed by atoms with van der Waals surface area (Å²) in [7, 11) is 0. The van der Waals surface area contributed by atoms with Crippen molar-refractivity contribution in [2.75, 3.05) is 6.61 Å². The van der Waals surface area contributed by atoms with Crippen LogP contribution in [0, 0.1) is 5.82 Å². The zero-order valence-corrected chi connectivity index (χ0v) is 14.7. The van der Waals surface area contributed by atoms with E-state index < -0.39 is 17.6 Å². The number of rotatable bonds is 5. The van der Waals surface area contributed by atoms with Crippen molar-refractivity contribution >= 4 is 28.2 Å². The van der Waals surface area contributed by atoms with Crippen LogP contribution in [0.4, 0.5) is 4.39 Å². The third-order valence-electron chi connectivity index (χ3n) is 4.17. The molecule has 5 heteroatoms. The molecule has 0 aliphatic carbocycles. The maximum atomic E-state index is 13.2. The van der Waals surface area contributed by atoms with Crippen molar-refractivity contribution in [3.05, 3.63) is 89.2 Å². The molecule has 0 atom stereocenters. The number of ketones is 1. The Labute approximate surface area is 156 Å². The maximum Gasteiger partial charge on any atom is 0.344 e. The average Bonchev–Trinajstić information content (AvgIpc) is 2.68. The van der Waals surface area contributed by atoms with Crippen molar-refractivity contribution in [1.82, 2.24) is 0 Å². The van der Waals surface area contributed by atoms with Gasteiger partial charge in [0.1, 0.15) is 11.4 Å². The Hall–Kier alpha value is -3.47. The summed E-state index contributed by atoms with van der Waals surface area (Å²) in [5.41, 5.74) is 6.54. The molecule has 0 saturated carbocycles. The summed E-state index contributed by atoms with van der Waals surface area (Å²) in [4.78, 5) is 25.8. The highest BCUT2D eigenvalue weighted by atomic mass is 19.1. The Morgan fingerprint density at radius 1 is 0.963 bits per heavy atom. The summed E-state index contributed by atoms with van der Waals surface area (Å²) in [6.45, 7) is 1.74. The molecule has 3 rings (SSSR count). The standard InChI is InChI=1S/C22H18FNO3/c1-2-27-22(26)19(20(24)15-10-12-16(23)13-11-15)21(25)18-9-5-7-14-6-3-4-8-17(14)18/h3-13H,2,24H2,1H3/b20-19-. The fourth-order valence-corrected chi connectivity index (χ4v) is 2.86. The molecule has 0 bridgehead atoms. The number of hydrogen-bond acceptors (Lipinski definition) is 4. The maximum absolute atomic E-state index is 13.2. The fourth-order valence-electron chi connectivity index (χ4n) is 2.86. The molecule has 0 spiro atoms. The highest BCUT2D eigenvalue weighted by Crippen LogP contribution is 2.25. The van der Waals surface area contributed by atoms with E-state index in [9.17, 15) is 14.0 Å². The summed E-state index contributed by atoms with van der Waals surface area (Å²) < 4.78 is 18.3. The van der Waals surface area contributed by atoms with E-state index in [1.165, 1.54) is 24.3 Å². The number of carbonyl (C=O) groups is 2. The van der Waals surface area contributed by atoms with Gasteiger partial charge in [-0.2, -0.15) is 0 Å². The van der Waals surface area contributed by atoms with E-state index in [1.807, 2.05) is 24.3 Å². The molecule has 0 saturated heterocycles. The predicted octanol–water partition coefficient (Wildman–Crippen LogP) is 4.09. The molecule has 0 aliphatic heterocycles. The van der Waals surface area contributed by atoms with Crippen molar-refractivity contribution in [3.63, 3.8) is 0 Å². The lowest BCUT2D eigenvalue weighted by Crippen LogP contribution is -2.21. The van der Waals surface area contributed by atoms with Gasteiger partial charge in [-0.15, -0.1) is 0 Å². The van der Waals surface area contributed by atoms with Crippen LogP contribution in [0.1, 0.15) is 22.8 Å². The predicted molar refractivity (Wildman–Crippen MR) is 102 cm³/mol. The van der Waals surface area contributed by atoms with E-state index in [4.69, 9.17) is 10.5 Å². The minimum atomic E-state index is -0.808. The number of nitrogens with two attached hydrogens (primary N) is 1. The van der Waals surface area contributed by atoms with E-state index in [2.05, 4.69) is 0 Å². The zero-order valence-electron chi connectivity index (χ0n) is 14.7. The third-order valence-corrected chi connectivity index (χ3v) is 4.17. The lowest BCUT2D eigenvalue weighted by molar-refractivity contribution is -0.138. The quantitative estimate of drug-likeness (QED) is 0.244. The molecule has 0 aromatic heterocycles. The van der Waals surface area contributed by atoms with E-state index in [0.29, 0.717) is 16.5 Å². The third kappa shape index (κ3) is 3.72. The van der Waals surface area contributed by atoms with Gasteiger partial charge in [0.25, 0.3) is 0 Å². The van der Waals surface area contributed by atoms with Crippen LogP contribution in [0.2, 0.25) is 0 Å². The average molecular weight is 363 g/mol. The smallest absolute Gasteiger partial charge is 0.344 e. The van der Waals surface area contributed by atoms with Crippen LogP contribution in [0.3, 0.4) is 0 Å². The monoisotopic (exact) mass is 363 g/mol. The lowest BCUT2D eigenvalue weighted by atomic mass is 9.94. The van der Waals surface area contributed by atoms with Crippen molar-refractivity contribution in [2.45, 2.75) is 6.92 Å². The molecular weight excluding hydrogens is 345 g/mol. The first-order chi connectivity index (χ1) is 13.0. The van der Waals surface area contributed by atoms with Crippen LogP contribution in [0.5, 0.6) is 0 Å². The SMILES string of the molecule is CCOC(=O)/C(C(=O)c1cccc2ccccc12)=C(\N)c1ccc(F)cc1. The second kappa shape index (κ2) is 7.83. The van der Waals surface area contributed by atoms with Crippen LogP contribution in [0.15, 0.2) is 72.3 Å². The van der Waals surface area contributed by atoms with Gasteiger partial charge in [-0.1, -0.05) is 42.5 Å². The first-order valence-electron chi connectivity index (χ1n) is 8.48. The van der Waals surface area contributed by atoms with Crippen molar-refractivity contribution < 1.29 is 18.7 Å². The van der Waals surface area contributed by atoms with Gasteiger partial charge in [0, 0.05) is 5.56 Å². The number of ether oxygens (including phenoxy) is 1. The van der Waals surface area contributed by atoms with E-state index in [0.717, 1.165) is 5.39 Å². The van der Waals surface area contributed by atoms with Gasteiger partial charge in [0.2, 0.25) is 5.78 Å². The second-order valence-electron chi connectivity index (χ2n) is 5.87. The Balaban J connectivity index is 2.18. The molecule has 27 heavy (non-hydrogen) atoms. The largest absolute Gasteiger partial charge is 0.462 e. The first kappa shape index (κ1) is 18.3. The molecule has 0 aliphatic rings. The Kier molecular flexibility index (Phi) is 5.31. The Bertz CT molecular complexity index is 1030. The highest BCUT2D eigenvalue weighted by Gasteiger charge is 2.26. The molecule has 136 valence electrons. The molecule has 0 heterocycles. The molecule has 0 unspecified atom stereocenters. The van der Waals surface area contributed by atoms with Crippen molar-refractivity contribution in [3.8, 4) is 0 Å². The minimum Gasteiger partial charge on any atom is -0.462 e. The zero-order chi connectivity index (χ0) is 19.4. The van der Waals surface area contributed by atoms with E-state index >= 15 is 0 Å². The Morgan fingerprint density at radius 2 is 1.63 bits per heavy atom. The fraction of sp³-hybridized carbons (Fsp3) is 0.0909. The number of halogens is 1. The van der Waals surface area contributed by atoms with Crippen molar-refractivity contribution in [2.24, 2.45) is 5.73 Å². The van der Waals surface area contributed by atoms with Crippen LogP contribution < -0.4 is 5.73 Å². The number of carbonyl (C=O) groups excluding carboxylic acids is 2. The second-order valence-corrected chi connectivity index (χ2v) is 5.87. The van der Waals surface area contributed by atoms with Crippen LogP contribution >= 0.6 is 0 Å². The summed E-state index contributed by atoms with van der Waals surface area (Å²) in [6, 6.07) is 17.9. The molecular formula is C22H18FNO3. The van der Waals surface area contributed by atoms with Crippen LogP contribution in [0.25, 0.3) is 16.5 Å². The molecule has 0 fully saturated rings. The molecule has 2 N–H and O–H groups in total. The summed E-state index contributed by atoms with van der Waals surface area (Å²) in [5.74, 6) is -1.78. The van der Waals surface area contributed by atoms with Gasteiger partial charge < -0.3 is 10.5 Å². The number of esters is 1. The highest BCUT2D eigenvalue weighted by molar-refractivity contribution is 6.31.